The number of esters is 2. The van der Waals surface area contributed by atoms with Gasteiger partial charge in [0.2, 0.25) is 5.88 Å². The van der Waals surface area contributed by atoms with Crippen LogP contribution in [0.1, 0.15) is 17.9 Å². The van der Waals surface area contributed by atoms with Crippen molar-refractivity contribution in [2.24, 2.45) is 5.73 Å². The van der Waals surface area contributed by atoms with Crippen LogP contribution >= 0.6 is 0 Å². The van der Waals surface area contributed by atoms with E-state index >= 15 is 0 Å². The van der Waals surface area contributed by atoms with E-state index in [9.17, 15) is 20.0 Å². The summed E-state index contributed by atoms with van der Waals surface area (Å²) >= 11 is 0. The van der Waals surface area contributed by atoms with Gasteiger partial charge in [0.1, 0.15) is 23.8 Å². The largest absolute Gasteiger partial charge is 0.504 e. The van der Waals surface area contributed by atoms with Gasteiger partial charge in [0.15, 0.2) is 11.5 Å². The highest BCUT2D eigenvalue weighted by Crippen LogP contribution is 2.42. The number of nitriles is 1. The zero-order valence-electron chi connectivity index (χ0n) is 14.9. The first-order valence-corrected chi connectivity index (χ1v) is 7.70. The Morgan fingerprint density at radius 1 is 1.30 bits per heavy atom. The highest BCUT2D eigenvalue weighted by molar-refractivity contribution is 5.93. The van der Waals surface area contributed by atoms with Crippen molar-refractivity contribution < 1.29 is 33.6 Å². The van der Waals surface area contributed by atoms with E-state index in [1.807, 2.05) is 6.07 Å². The van der Waals surface area contributed by atoms with Gasteiger partial charge in [-0.25, -0.2) is 4.79 Å². The first kappa shape index (κ1) is 19.7. The zero-order valence-corrected chi connectivity index (χ0v) is 14.9. The summed E-state index contributed by atoms with van der Waals surface area (Å²) in [6.07, 6.45) is -0.383. The van der Waals surface area contributed by atoms with E-state index in [1.165, 1.54) is 32.4 Å². The maximum absolute atomic E-state index is 12.5. The second kappa shape index (κ2) is 8.14. The fraction of sp³-hybridized carbons (Fsp3) is 0.278. The number of carbonyl (C=O) groups is 2. The number of phenolic OH excluding ortho intramolecular Hbond substituents is 1. The molecule has 9 heteroatoms. The molecule has 3 N–H and O–H groups in total. The molecule has 1 aromatic rings. The molecule has 0 fully saturated rings. The standard InChI is InChI=1S/C18H18N2O7/c1-24-12-6-9(4-5-11(12)21)15-10(8-19)17(20)27-13(7-14(22)25-2)16(15)18(23)26-3/h4-6,15,21H,7,20H2,1-3H3/t15-/m0/s1. The number of benzene rings is 1. The quantitative estimate of drug-likeness (QED) is 0.727. The molecule has 1 atom stereocenters. The summed E-state index contributed by atoms with van der Waals surface area (Å²) in [4.78, 5) is 24.2. The molecule has 1 aromatic carbocycles. The third kappa shape index (κ3) is 3.79. The second-order valence-electron chi connectivity index (χ2n) is 5.44. The van der Waals surface area contributed by atoms with E-state index in [4.69, 9.17) is 19.9 Å². The molecule has 2 rings (SSSR count). The Labute approximate surface area is 155 Å². The molecule has 1 aliphatic rings. The Morgan fingerprint density at radius 2 is 2.00 bits per heavy atom. The molecule has 0 aliphatic carbocycles. The number of ether oxygens (including phenoxy) is 4. The van der Waals surface area contributed by atoms with Gasteiger partial charge in [-0.15, -0.1) is 0 Å². The maximum Gasteiger partial charge on any atom is 0.338 e. The van der Waals surface area contributed by atoms with E-state index in [2.05, 4.69) is 4.74 Å². The van der Waals surface area contributed by atoms with Crippen molar-refractivity contribution in [2.75, 3.05) is 21.3 Å². The Balaban J connectivity index is 2.72. The molecule has 0 unspecified atom stereocenters. The minimum atomic E-state index is -0.981. The number of nitrogens with two attached hydrogens (primary N) is 1. The van der Waals surface area contributed by atoms with E-state index in [1.54, 1.807) is 0 Å². The molecule has 0 radical (unpaired) electrons. The van der Waals surface area contributed by atoms with Gasteiger partial charge in [-0.2, -0.15) is 5.26 Å². The molecule has 0 saturated carbocycles. The molecule has 142 valence electrons. The molecule has 0 saturated heterocycles. The summed E-state index contributed by atoms with van der Waals surface area (Å²) in [5, 5.41) is 19.4. The minimum absolute atomic E-state index is 0.0447. The lowest BCUT2D eigenvalue weighted by molar-refractivity contribution is -0.140. The van der Waals surface area contributed by atoms with Crippen molar-refractivity contribution in [1.82, 2.24) is 0 Å². The Hall–Kier alpha value is -3.67. The highest BCUT2D eigenvalue weighted by Gasteiger charge is 2.38. The van der Waals surface area contributed by atoms with Gasteiger partial charge >= 0.3 is 11.9 Å². The Morgan fingerprint density at radius 3 is 2.56 bits per heavy atom. The number of aromatic hydroxyl groups is 1. The average molecular weight is 374 g/mol. The van der Waals surface area contributed by atoms with Crippen molar-refractivity contribution in [3.63, 3.8) is 0 Å². The van der Waals surface area contributed by atoms with Gasteiger partial charge in [-0.05, 0) is 17.7 Å². The molecule has 0 bridgehead atoms. The predicted molar refractivity (Wildman–Crippen MR) is 91.0 cm³/mol. The first-order valence-electron chi connectivity index (χ1n) is 7.70. The Bertz CT molecular complexity index is 880. The number of rotatable bonds is 5. The highest BCUT2D eigenvalue weighted by atomic mass is 16.5. The normalized spacial score (nSPS) is 16.3. The molecule has 0 spiro atoms. The summed E-state index contributed by atoms with van der Waals surface area (Å²) in [6, 6.07) is 6.22. The van der Waals surface area contributed by atoms with Gasteiger partial charge in [-0.3, -0.25) is 4.79 Å². The van der Waals surface area contributed by atoms with Crippen molar-refractivity contribution in [3.8, 4) is 17.6 Å². The van der Waals surface area contributed by atoms with Gasteiger partial charge in [0.25, 0.3) is 0 Å². The van der Waals surface area contributed by atoms with Crippen LogP contribution in [0.2, 0.25) is 0 Å². The lowest BCUT2D eigenvalue weighted by atomic mass is 9.82. The molecule has 9 nitrogen and oxygen atoms in total. The average Bonchev–Trinajstić information content (AvgIpc) is 2.67. The van der Waals surface area contributed by atoms with Crippen molar-refractivity contribution in [3.05, 3.63) is 46.6 Å². The first-order chi connectivity index (χ1) is 12.9. The fourth-order valence-corrected chi connectivity index (χ4v) is 2.69. The summed E-state index contributed by atoms with van der Waals surface area (Å²) in [7, 11) is 3.71. The molecule has 0 aromatic heterocycles. The molecule has 1 heterocycles. The summed E-state index contributed by atoms with van der Waals surface area (Å²) in [6.45, 7) is 0. The van der Waals surface area contributed by atoms with Gasteiger partial charge in [0.05, 0.1) is 32.8 Å². The topological polar surface area (TPSA) is 141 Å². The zero-order chi connectivity index (χ0) is 20.1. The van der Waals surface area contributed by atoms with Crippen molar-refractivity contribution >= 4 is 11.9 Å². The van der Waals surface area contributed by atoms with Crippen LogP contribution in [0.5, 0.6) is 11.5 Å². The number of hydrogen-bond donors (Lipinski definition) is 2. The van der Waals surface area contributed by atoms with Crippen LogP contribution in [0.15, 0.2) is 41.0 Å². The molecular formula is C18H18N2O7. The van der Waals surface area contributed by atoms with Crippen molar-refractivity contribution in [1.29, 1.82) is 5.26 Å². The number of hydrogen-bond acceptors (Lipinski definition) is 9. The number of methoxy groups -OCH3 is 3. The van der Waals surface area contributed by atoms with Crippen LogP contribution in [0.25, 0.3) is 0 Å². The number of phenols is 1. The second-order valence-corrected chi connectivity index (χ2v) is 5.44. The number of allylic oxidation sites excluding steroid dienone is 1. The van der Waals surface area contributed by atoms with Crippen LogP contribution in [0.4, 0.5) is 0 Å². The lowest BCUT2D eigenvalue weighted by Crippen LogP contribution is -2.27. The maximum atomic E-state index is 12.5. The smallest absolute Gasteiger partial charge is 0.338 e. The van der Waals surface area contributed by atoms with E-state index < -0.39 is 17.9 Å². The van der Waals surface area contributed by atoms with Gasteiger partial charge in [-0.1, -0.05) is 6.07 Å². The predicted octanol–water partition coefficient (Wildman–Crippen LogP) is 1.20. The van der Waals surface area contributed by atoms with Crippen LogP contribution in [-0.4, -0.2) is 38.4 Å². The molecular weight excluding hydrogens is 356 g/mol. The van der Waals surface area contributed by atoms with E-state index in [0.717, 1.165) is 7.11 Å². The van der Waals surface area contributed by atoms with Crippen LogP contribution in [0, 0.1) is 11.3 Å². The van der Waals surface area contributed by atoms with Crippen LogP contribution in [0.3, 0.4) is 0 Å². The monoisotopic (exact) mass is 374 g/mol. The SMILES string of the molecule is COC(=O)CC1=C(C(=O)OC)[C@@H](c2ccc(O)c(OC)c2)C(C#N)=C(N)O1. The summed E-state index contributed by atoms with van der Waals surface area (Å²) in [5.74, 6) is -2.77. The van der Waals surface area contributed by atoms with Crippen molar-refractivity contribution in [2.45, 2.75) is 12.3 Å². The van der Waals surface area contributed by atoms with Crippen LogP contribution in [-0.2, 0) is 23.8 Å². The van der Waals surface area contributed by atoms with E-state index in [-0.39, 0.29) is 40.7 Å². The summed E-state index contributed by atoms with van der Waals surface area (Å²) < 4.78 is 19.9. The van der Waals surface area contributed by atoms with Crippen LogP contribution < -0.4 is 10.5 Å². The fourth-order valence-electron chi connectivity index (χ4n) is 2.69. The lowest BCUT2D eigenvalue weighted by Gasteiger charge is -2.27. The Kier molecular flexibility index (Phi) is 5.92. The molecule has 1 aliphatic heterocycles. The van der Waals surface area contributed by atoms with Gasteiger partial charge < -0.3 is 29.8 Å². The molecule has 0 amide bonds. The van der Waals surface area contributed by atoms with E-state index in [0.29, 0.717) is 5.56 Å². The third-order valence-electron chi connectivity index (χ3n) is 3.97. The van der Waals surface area contributed by atoms with Gasteiger partial charge in [0, 0.05) is 0 Å². The number of carbonyl (C=O) groups excluding carboxylic acids is 2. The number of nitrogens with zero attached hydrogens (tertiary/aromatic N) is 1. The third-order valence-corrected chi connectivity index (χ3v) is 3.97. The molecule has 27 heavy (non-hydrogen) atoms. The summed E-state index contributed by atoms with van der Waals surface area (Å²) in [5.41, 5.74) is 6.14. The minimum Gasteiger partial charge on any atom is -0.504 e.